The maximum absolute atomic E-state index is 2.42. The molecule has 0 saturated heterocycles. The van der Waals surface area contributed by atoms with Gasteiger partial charge in [-0.05, 0) is 64.8 Å². The zero-order chi connectivity index (χ0) is 25.6. The highest BCUT2D eigenvalue weighted by atomic mass is 14.5. The number of fused-ring (bicyclic) bond motifs is 3. The van der Waals surface area contributed by atoms with Gasteiger partial charge in [-0.25, -0.2) is 0 Å². The molecule has 0 heterocycles. The Morgan fingerprint density at radius 3 is 1.57 bits per heavy atom. The molecule has 179 valence electrons. The molecule has 0 saturated carbocycles. The first-order valence-corrected chi connectivity index (χ1v) is 13.3. The predicted octanol–water partition coefficient (Wildman–Crippen LogP) is 8.66. The number of benzene rings is 4. The van der Waals surface area contributed by atoms with Gasteiger partial charge in [-0.2, -0.15) is 0 Å². The fraction of sp³-hybridized carbons (Fsp3) is 0.294. The molecule has 0 spiro atoms. The first kappa shape index (κ1) is 26.5. The van der Waals surface area contributed by atoms with Crippen molar-refractivity contribution < 1.29 is 0 Å². The SMILES string of the molecule is CC.CC.C[B]c1ccc(C2(c3ccc(CC)c(C)c3)c3ccccc3-c3ccccc32)cc1C. The van der Waals surface area contributed by atoms with Crippen LogP contribution in [0.2, 0.25) is 6.82 Å². The summed E-state index contributed by atoms with van der Waals surface area (Å²) in [6.45, 7) is 16.8. The molecule has 0 unspecified atom stereocenters. The van der Waals surface area contributed by atoms with E-state index in [0.717, 1.165) is 6.42 Å². The van der Waals surface area contributed by atoms with E-state index in [1.165, 1.54) is 55.5 Å². The Kier molecular flexibility index (Phi) is 8.79. The molecule has 5 rings (SSSR count). The van der Waals surface area contributed by atoms with Gasteiger partial charge in [-0.15, -0.1) is 0 Å². The highest BCUT2D eigenvalue weighted by Crippen LogP contribution is 2.56. The summed E-state index contributed by atoms with van der Waals surface area (Å²) in [5.41, 5.74) is 13.3. The third-order valence-electron chi connectivity index (χ3n) is 7.12. The van der Waals surface area contributed by atoms with Gasteiger partial charge in [-0.3, -0.25) is 0 Å². The van der Waals surface area contributed by atoms with Crippen LogP contribution in [0.4, 0.5) is 0 Å². The Morgan fingerprint density at radius 1 is 0.629 bits per heavy atom. The van der Waals surface area contributed by atoms with Gasteiger partial charge >= 0.3 is 0 Å². The summed E-state index contributed by atoms with van der Waals surface area (Å²) in [5.74, 6) is 0. The van der Waals surface area contributed by atoms with Crippen LogP contribution in [0.25, 0.3) is 11.1 Å². The molecule has 0 nitrogen and oxygen atoms in total. The van der Waals surface area contributed by atoms with Crippen molar-refractivity contribution in [2.45, 2.75) is 67.1 Å². The Morgan fingerprint density at radius 2 is 1.11 bits per heavy atom. The van der Waals surface area contributed by atoms with E-state index in [1.54, 1.807) is 0 Å². The smallest absolute Gasteiger partial charge is 0.0872 e. The number of aryl methyl sites for hydroxylation is 3. The minimum atomic E-state index is -0.304. The van der Waals surface area contributed by atoms with Crippen LogP contribution in [0.3, 0.4) is 0 Å². The lowest BCUT2D eigenvalue weighted by Crippen LogP contribution is -2.30. The van der Waals surface area contributed by atoms with Crippen molar-refractivity contribution in [2.75, 3.05) is 0 Å². The second-order valence-corrected chi connectivity index (χ2v) is 8.70. The van der Waals surface area contributed by atoms with E-state index in [-0.39, 0.29) is 5.41 Å². The summed E-state index contributed by atoms with van der Waals surface area (Å²) in [6, 6.07) is 32.1. The molecule has 1 heteroatoms. The fourth-order valence-electron chi connectivity index (χ4n) is 5.58. The standard InChI is InChI=1S/C30H28B.2C2H6/c1-5-22-14-15-23(18-20(22)2)30(24-16-17-29(31-4)21(3)19-24)27-12-8-6-10-25(27)26-11-7-9-13-28(26)30;2*1-2/h6-19H,5H2,1-4H3;2*1-2H3. The molecule has 0 fully saturated rings. The monoisotopic (exact) mass is 459 g/mol. The Hall–Kier alpha value is -3.06. The third kappa shape index (κ3) is 4.38. The highest BCUT2D eigenvalue weighted by molar-refractivity contribution is 6.52. The molecule has 0 amide bonds. The van der Waals surface area contributed by atoms with Gasteiger partial charge < -0.3 is 0 Å². The second kappa shape index (κ2) is 11.6. The van der Waals surface area contributed by atoms with Gasteiger partial charge in [0.05, 0.1) is 5.41 Å². The summed E-state index contributed by atoms with van der Waals surface area (Å²) in [6.07, 6.45) is 1.06. The van der Waals surface area contributed by atoms with Crippen LogP contribution >= 0.6 is 0 Å². The largest absolute Gasteiger partial charge is 0.148 e. The zero-order valence-corrected chi connectivity index (χ0v) is 22.9. The first-order chi connectivity index (χ1) is 17.1. The van der Waals surface area contributed by atoms with Crippen LogP contribution in [0.1, 0.15) is 73.6 Å². The summed E-state index contributed by atoms with van der Waals surface area (Å²) in [4.78, 5) is 0. The Labute approximate surface area is 214 Å². The van der Waals surface area contributed by atoms with Gasteiger partial charge in [0, 0.05) is 0 Å². The minimum absolute atomic E-state index is 0.304. The molecule has 1 aliphatic carbocycles. The van der Waals surface area contributed by atoms with Crippen LogP contribution in [-0.4, -0.2) is 7.28 Å². The average Bonchev–Trinajstić information content (AvgIpc) is 3.22. The molecule has 4 aromatic carbocycles. The number of rotatable bonds is 4. The van der Waals surface area contributed by atoms with Crippen molar-refractivity contribution in [3.63, 3.8) is 0 Å². The highest BCUT2D eigenvalue weighted by Gasteiger charge is 2.46. The summed E-state index contributed by atoms with van der Waals surface area (Å²) >= 11 is 0. The maximum atomic E-state index is 2.42. The van der Waals surface area contributed by atoms with Gasteiger partial charge in [0.15, 0.2) is 0 Å². The van der Waals surface area contributed by atoms with Crippen molar-refractivity contribution in [1.82, 2.24) is 0 Å². The summed E-state index contributed by atoms with van der Waals surface area (Å²) in [7, 11) is 2.20. The molecule has 0 aliphatic heterocycles. The molecule has 4 aromatic rings. The molecular weight excluding hydrogens is 419 g/mol. The van der Waals surface area contributed by atoms with Crippen molar-refractivity contribution >= 4 is 12.7 Å². The van der Waals surface area contributed by atoms with Crippen molar-refractivity contribution in [2.24, 2.45) is 0 Å². The molecule has 0 aromatic heterocycles. The average molecular weight is 460 g/mol. The van der Waals surface area contributed by atoms with Crippen molar-refractivity contribution in [3.8, 4) is 11.1 Å². The van der Waals surface area contributed by atoms with E-state index < -0.39 is 0 Å². The molecular formula is C34H40B. The lowest BCUT2D eigenvalue weighted by molar-refractivity contribution is 0.765. The number of hydrogen-bond donors (Lipinski definition) is 0. The van der Waals surface area contributed by atoms with E-state index >= 15 is 0 Å². The molecule has 0 N–H and O–H groups in total. The topological polar surface area (TPSA) is 0 Å². The molecule has 1 radical (unpaired) electrons. The van der Waals surface area contributed by atoms with E-state index in [4.69, 9.17) is 0 Å². The Balaban J connectivity index is 0.000000815. The van der Waals surface area contributed by atoms with E-state index in [0.29, 0.717) is 0 Å². The maximum Gasteiger partial charge on any atom is 0.148 e. The minimum Gasteiger partial charge on any atom is -0.0872 e. The molecule has 0 bridgehead atoms. The molecule has 1 aliphatic rings. The summed E-state index contributed by atoms with van der Waals surface area (Å²) < 4.78 is 0. The summed E-state index contributed by atoms with van der Waals surface area (Å²) in [5, 5.41) is 0. The van der Waals surface area contributed by atoms with Gasteiger partial charge in [0.2, 0.25) is 0 Å². The van der Waals surface area contributed by atoms with Gasteiger partial charge in [0.25, 0.3) is 0 Å². The van der Waals surface area contributed by atoms with Gasteiger partial charge in [0.1, 0.15) is 7.28 Å². The first-order valence-electron chi connectivity index (χ1n) is 13.3. The van der Waals surface area contributed by atoms with Crippen molar-refractivity contribution in [1.29, 1.82) is 0 Å². The predicted molar refractivity (Wildman–Crippen MR) is 157 cm³/mol. The second-order valence-electron chi connectivity index (χ2n) is 8.70. The lowest BCUT2D eigenvalue weighted by atomic mass is 9.65. The van der Waals surface area contributed by atoms with Crippen LogP contribution in [0.15, 0.2) is 84.9 Å². The normalized spacial score (nSPS) is 12.3. The van der Waals surface area contributed by atoms with Gasteiger partial charge in [-0.1, -0.05) is 137 Å². The van der Waals surface area contributed by atoms with Crippen LogP contribution < -0.4 is 5.46 Å². The molecule has 35 heavy (non-hydrogen) atoms. The van der Waals surface area contributed by atoms with E-state index in [9.17, 15) is 0 Å². The third-order valence-corrected chi connectivity index (χ3v) is 7.12. The van der Waals surface area contributed by atoms with E-state index in [2.05, 4.69) is 120 Å². The zero-order valence-electron chi connectivity index (χ0n) is 22.9. The van der Waals surface area contributed by atoms with Crippen LogP contribution in [0.5, 0.6) is 0 Å². The Bertz CT molecular complexity index is 1180. The lowest BCUT2D eigenvalue weighted by Gasteiger charge is -2.35. The number of hydrogen-bond acceptors (Lipinski definition) is 0. The fourth-order valence-corrected chi connectivity index (χ4v) is 5.58. The van der Waals surface area contributed by atoms with Crippen LogP contribution in [0, 0.1) is 13.8 Å². The van der Waals surface area contributed by atoms with Crippen molar-refractivity contribution in [3.05, 3.63) is 124 Å². The molecule has 0 atom stereocenters. The van der Waals surface area contributed by atoms with Crippen LogP contribution in [-0.2, 0) is 11.8 Å². The van der Waals surface area contributed by atoms with E-state index in [1.807, 2.05) is 27.7 Å². The quantitative estimate of drug-likeness (QED) is 0.236.